The Morgan fingerprint density at radius 2 is 1.58 bits per heavy atom. The highest BCUT2D eigenvalue weighted by Crippen LogP contribution is 2.14. The lowest BCUT2D eigenvalue weighted by Crippen LogP contribution is -2.03. The predicted molar refractivity (Wildman–Crippen MR) is 56.9 cm³/mol. The zero-order valence-electron chi connectivity index (χ0n) is 7.46. The fraction of sp³-hybridized carbons (Fsp3) is 0.0909. The van der Waals surface area contributed by atoms with Crippen molar-refractivity contribution in [1.82, 2.24) is 0 Å². The van der Waals surface area contributed by atoms with Crippen molar-refractivity contribution in [2.45, 2.75) is 6.92 Å². The monoisotopic (exact) mass is 154 g/mol. The summed E-state index contributed by atoms with van der Waals surface area (Å²) in [6.07, 6.45) is 0. The highest BCUT2D eigenvalue weighted by atomic mass is 14.0. The smallest absolute Gasteiger partial charge is 0.0813 e. The van der Waals surface area contributed by atoms with Crippen LogP contribution in [0.3, 0.4) is 0 Å². The highest BCUT2D eigenvalue weighted by Gasteiger charge is 1.97. The van der Waals surface area contributed by atoms with Gasteiger partial charge in [-0.15, -0.1) is 0 Å². The molecule has 1 heteroatoms. The SMILES string of the molecule is Bc1ccc(C)c2ccccc12. The Kier molecular flexibility index (Phi) is 1.65. The van der Waals surface area contributed by atoms with E-state index in [1.807, 2.05) is 0 Å². The molecule has 58 valence electrons. The first kappa shape index (κ1) is 7.42. The topological polar surface area (TPSA) is 0 Å². The van der Waals surface area contributed by atoms with Gasteiger partial charge in [0.25, 0.3) is 0 Å². The maximum atomic E-state index is 2.18. The fourth-order valence-corrected chi connectivity index (χ4v) is 1.60. The predicted octanol–water partition coefficient (Wildman–Crippen LogP) is 1.41. The molecule has 0 saturated heterocycles. The van der Waals surface area contributed by atoms with Gasteiger partial charge in [-0.3, -0.25) is 0 Å². The first-order chi connectivity index (χ1) is 5.79. The summed E-state index contributed by atoms with van der Waals surface area (Å²) < 4.78 is 0. The van der Waals surface area contributed by atoms with Crippen LogP contribution in [0.1, 0.15) is 5.56 Å². The van der Waals surface area contributed by atoms with Crippen molar-refractivity contribution in [1.29, 1.82) is 0 Å². The molecular weight excluding hydrogens is 143 g/mol. The van der Waals surface area contributed by atoms with Gasteiger partial charge in [0.2, 0.25) is 0 Å². The summed E-state index contributed by atoms with van der Waals surface area (Å²) in [6, 6.07) is 12.9. The average molecular weight is 154 g/mol. The van der Waals surface area contributed by atoms with Crippen molar-refractivity contribution in [3.05, 3.63) is 42.0 Å². The van der Waals surface area contributed by atoms with Crippen molar-refractivity contribution in [2.75, 3.05) is 0 Å². The van der Waals surface area contributed by atoms with E-state index in [1.165, 1.54) is 21.8 Å². The molecule has 0 amide bonds. The Bertz CT molecular complexity index is 378. The van der Waals surface area contributed by atoms with Gasteiger partial charge in [-0.2, -0.15) is 0 Å². The minimum Gasteiger partial charge on any atom is -0.0813 e. The number of aryl methyl sites for hydroxylation is 1. The van der Waals surface area contributed by atoms with Crippen LogP contribution in [0.25, 0.3) is 10.8 Å². The van der Waals surface area contributed by atoms with E-state index >= 15 is 0 Å². The minimum absolute atomic E-state index is 1.36. The third-order valence-corrected chi connectivity index (χ3v) is 2.36. The van der Waals surface area contributed by atoms with E-state index in [0.29, 0.717) is 0 Å². The molecule has 2 rings (SSSR count). The van der Waals surface area contributed by atoms with Crippen molar-refractivity contribution in [3.8, 4) is 0 Å². The van der Waals surface area contributed by atoms with Crippen LogP contribution in [0.2, 0.25) is 0 Å². The molecule has 0 aliphatic carbocycles. The molecule has 0 radical (unpaired) electrons. The summed E-state index contributed by atoms with van der Waals surface area (Å²) in [6.45, 7) is 2.15. The lowest BCUT2D eigenvalue weighted by atomic mass is 9.88. The lowest BCUT2D eigenvalue weighted by Gasteiger charge is -2.04. The Morgan fingerprint density at radius 1 is 0.917 bits per heavy atom. The third-order valence-electron chi connectivity index (χ3n) is 2.36. The summed E-state index contributed by atoms with van der Waals surface area (Å²) in [5.41, 5.74) is 2.72. The molecule has 0 saturated carbocycles. The maximum absolute atomic E-state index is 2.18. The largest absolute Gasteiger partial charge is 0.140 e. The second-order valence-electron chi connectivity index (χ2n) is 3.24. The van der Waals surface area contributed by atoms with Crippen LogP contribution in [0.15, 0.2) is 36.4 Å². The summed E-state index contributed by atoms with van der Waals surface area (Å²) in [5.74, 6) is 0. The van der Waals surface area contributed by atoms with Crippen molar-refractivity contribution < 1.29 is 0 Å². The van der Waals surface area contributed by atoms with Crippen LogP contribution in [0, 0.1) is 6.92 Å². The van der Waals surface area contributed by atoms with Gasteiger partial charge in [-0.1, -0.05) is 41.9 Å². The minimum atomic E-state index is 1.36. The first-order valence-electron chi connectivity index (χ1n) is 4.24. The van der Waals surface area contributed by atoms with Crippen LogP contribution in [0.4, 0.5) is 0 Å². The van der Waals surface area contributed by atoms with E-state index in [9.17, 15) is 0 Å². The second kappa shape index (κ2) is 2.67. The van der Waals surface area contributed by atoms with E-state index in [1.54, 1.807) is 0 Å². The molecule has 0 aromatic heterocycles. The standard InChI is InChI=1S/C11H11B/c1-8-6-7-11(12)10-5-3-2-4-9(8)10/h2-7H,12H2,1H3. The molecular formula is C11H11B. The molecule has 0 fully saturated rings. The van der Waals surface area contributed by atoms with Gasteiger partial charge in [-0.05, 0) is 23.3 Å². The second-order valence-corrected chi connectivity index (χ2v) is 3.24. The number of benzene rings is 2. The molecule has 2 aromatic carbocycles. The lowest BCUT2D eigenvalue weighted by molar-refractivity contribution is 1.54. The van der Waals surface area contributed by atoms with Crippen LogP contribution in [-0.4, -0.2) is 7.85 Å². The molecule has 0 heterocycles. The van der Waals surface area contributed by atoms with Crippen LogP contribution < -0.4 is 5.46 Å². The number of hydrogen-bond acceptors (Lipinski definition) is 0. The Balaban J connectivity index is 2.95. The summed E-state index contributed by atoms with van der Waals surface area (Å²) in [7, 11) is 2.15. The number of rotatable bonds is 0. The van der Waals surface area contributed by atoms with E-state index in [0.717, 1.165) is 0 Å². The molecule has 0 nitrogen and oxygen atoms in total. The zero-order valence-corrected chi connectivity index (χ0v) is 7.46. The fourth-order valence-electron chi connectivity index (χ4n) is 1.60. The maximum Gasteiger partial charge on any atom is 0.140 e. The van der Waals surface area contributed by atoms with Gasteiger partial charge in [0.1, 0.15) is 7.85 Å². The van der Waals surface area contributed by atoms with Gasteiger partial charge in [0.15, 0.2) is 0 Å². The van der Waals surface area contributed by atoms with Crippen molar-refractivity contribution >= 4 is 24.1 Å². The molecule has 0 aliphatic rings. The van der Waals surface area contributed by atoms with E-state index in [4.69, 9.17) is 0 Å². The quantitative estimate of drug-likeness (QED) is 0.503. The third kappa shape index (κ3) is 1.02. The Hall–Kier alpha value is -1.24. The summed E-state index contributed by atoms with van der Waals surface area (Å²) >= 11 is 0. The number of fused-ring (bicyclic) bond motifs is 1. The highest BCUT2D eigenvalue weighted by molar-refractivity contribution is 6.38. The van der Waals surface area contributed by atoms with Crippen LogP contribution in [-0.2, 0) is 0 Å². The molecule has 0 N–H and O–H groups in total. The van der Waals surface area contributed by atoms with Crippen LogP contribution >= 0.6 is 0 Å². The zero-order chi connectivity index (χ0) is 8.55. The van der Waals surface area contributed by atoms with Gasteiger partial charge in [-0.25, -0.2) is 0 Å². The van der Waals surface area contributed by atoms with E-state index in [2.05, 4.69) is 51.2 Å². The molecule has 0 aliphatic heterocycles. The summed E-state index contributed by atoms with van der Waals surface area (Å²) in [5, 5.41) is 2.75. The Morgan fingerprint density at radius 3 is 2.25 bits per heavy atom. The molecule has 2 aromatic rings. The van der Waals surface area contributed by atoms with E-state index in [-0.39, 0.29) is 0 Å². The molecule has 0 spiro atoms. The Labute approximate surface area is 73.6 Å². The normalized spacial score (nSPS) is 10.4. The summed E-state index contributed by atoms with van der Waals surface area (Å²) in [4.78, 5) is 0. The van der Waals surface area contributed by atoms with Crippen LogP contribution in [0.5, 0.6) is 0 Å². The number of hydrogen-bond donors (Lipinski definition) is 0. The average Bonchev–Trinajstić information content (AvgIpc) is 2.12. The van der Waals surface area contributed by atoms with Crippen molar-refractivity contribution in [2.24, 2.45) is 0 Å². The van der Waals surface area contributed by atoms with Gasteiger partial charge < -0.3 is 0 Å². The molecule has 12 heavy (non-hydrogen) atoms. The molecule has 0 unspecified atom stereocenters. The molecule has 0 bridgehead atoms. The van der Waals surface area contributed by atoms with Gasteiger partial charge >= 0.3 is 0 Å². The van der Waals surface area contributed by atoms with E-state index < -0.39 is 0 Å². The first-order valence-corrected chi connectivity index (χ1v) is 4.24. The molecule has 0 atom stereocenters. The van der Waals surface area contributed by atoms with Gasteiger partial charge in [0, 0.05) is 0 Å². The van der Waals surface area contributed by atoms with Gasteiger partial charge in [0.05, 0.1) is 0 Å². The van der Waals surface area contributed by atoms with Crippen molar-refractivity contribution in [3.63, 3.8) is 0 Å².